The summed E-state index contributed by atoms with van der Waals surface area (Å²) in [7, 11) is -4.06. The molecule has 1 aliphatic heterocycles. The number of nitrogens with one attached hydrogen (secondary N) is 1. The van der Waals surface area contributed by atoms with E-state index in [1.54, 1.807) is 0 Å². The van der Waals surface area contributed by atoms with Gasteiger partial charge >= 0.3 is 22.4 Å². The predicted octanol–water partition coefficient (Wildman–Crippen LogP) is 3.82. The molecule has 1 N–H and O–H groups in total. The van der Waals surface area contributed by atoms with Crippen LogP contribution in [0.4, 0.5) is 17.6 Å². The smallest absolute Gasteiger partial charge is 0.490 e. The summed E-state index contributed by atoms with van der Waals surface area (Å²) in [6, 6.07) is 2.35. The molecule has 2 unspecified atom stereocenters. The van der Waals surface area contributed by atoms with Gasteiger partial charge in [-0.3, -0.25) is 4.79 Å². The number of halogens is 4. The van der Waals surface area contributed by atoms with E-state index >= 15 is 4.39 Å². The van der Waals surface area contributed by atoms with Gasteiger partial charge in [0.15, 0.2) is 0 Å². The topological polar surface area (TPSA) is 102 Å². The summed E-state index contributed by atoms with van der Waals surface area (Å²) < 4.78 is 93.3. The monoisotopic (exact) mass is 560 g/mol. The maximum absolute atomic E-state index is 15.1. The quantitative estimate of drug-likeness (QED) is 0.383. The maximum atomic E-state index is 15.1. The van der Waals surface area contributed by atoms with Crippen LogP contribution in [0.15, 0.2) is 12.1 Å². The lowest BCUT2D eigenvalue weighted by molar-refractivity contribution is -0.222. The van der Waals surface area contributed by atoms with Gasteiger partial charge in [-0.15, -0.1) is 0 Å². The number of benzene rings is 1. The molecule has 1 saturated heterocycles. The van der Waals surface area contributed by atoms with Crippen molar-refractivity contribution < 1.29 is 45.0 Å². The molecule has 1 amide bonds. The van der Waals surface area contributed by atoms with Gasteiger partial charge in [-0.1, -0.05) is 0 Å². The number of esters is 1. The Morgan fingerprint density at radius 3 is 2.29 bits per heavy atom. The molecule has 0 radical (unpaired) electrons. The van der Waals surface area contributed by atoms with E-state index in [1.165, 1.54) is 6.07 Å². The largest absolute Gasteiger partial charge is 0.492 e. The number of carbonyl (C=O) groups is 2. The Balaban J connectivity index is 1.24. The number of nitrogens with zero attached hydrogens (tertiary/aromatic N) is 1. The zero-order chi connectivity index (χ0) is 27.1. The molecule has 8 nitrogen and oxygen atoms in total. The lowest BCUT2D eigenvalue weighted by Crippen LogP contribution is -2.49. The molecule has 1 aromatic rings. The first-order chi connectivity index (χ1) is 17.8. The fourth-order valence-corrected chi connectivity index (χ4v) is 8.41. The Bertz CT molecular complexity index is 1280. The fraction of sp³-hybridized carbons (Fsp3) is 0.680. The molecule has 5 saturated carbocycles. The van der Waals surface area contributed by atoms with Gasteiger partial charge in [-0.2, -0.15) is 25.9 Å². The van der Waals surface area contributed by atoms with E-state index in [2.05, 4.69) is 0 Å². The standard InChI is InChI=1S/C25H28F4N2O6S/c26-19-8-20(17(16-2-3-16)7-18(19)21(32)30-38(34,35)31-4-1-5-31)36-13-23-9-14-6-15(10-23)12-24(23,11-14)37-22(33)25(27,28)29/h7-8,14-16H,1-6,9-13H2,(H,30,32). The van der Waals surface area contributed by atoms with Crippen LogP contribution in [0.1, 0.15) is 73.2 Å². The summed E-state index contributed by atoms with van der Waals surface area (Å²) >= 11 is 0. The second-order valence-electron chi connectivity index (χ2n) is 11.6. The van der Waals surface area contributed by atoms with Crippen molar-refractivity contribution in [3.63, 3.8) is 0 Å². The van der Waals surface area contributed by atoms with Crippen LogP contribution in [0.2, 0.25) is 0 Å². The third kappa shape index (κ3) is 4.25. The molecule has 13 heteroatoms. The summed E-state index contributed by atoms with van der Waals surface area (Å²) in [5, 5.41) is 0. The van der Waals surface area contributed by atoms with E-state index in [0.717, 1.165) is 29.6 Å². The summed E-state index contributed by atoms with van der Waals surface area (Å²) in [6.07, 6.45) is -0.171. The fourth-order valence-electron chi connectivity index (χ4n) is 7.20. The number of hydrogen-bond acceptors (Lipinski definition) is 6. The van der Waals surface area contributed by atoms with Gasteiger partial charge in [0.25, 0.3) is 5.91 Å². The normalized spacial score (nSPS) is 32.2. The van der Waals surface area contributed by atoms with Crippen LogP contribution in [0.5, 0.6) is 5.75 Å². The maximum Gasteiger partial charge on any atom is 0.490 e. The van der Waals surface area contributed by atoms with Gasteiger partial charge in [-0.05, 0) is 80.8 Å². The highest BCUT2D eigenvalue weighted by atomic mass is 32.2. The molecule has 0 spiro atoms. The van der Waals surface area contributed by atoms with E-state index < -0.39 is 50.7 Å². The Morgan fingerprint density at radius 2 is 1.74 bits per heavy atom. The van der Waals surface area contributed by atoms with Crippen LogP contribution in [0.25, 0.3) is 0 Å². The molecule has 6 fully saturated rings. The second-order valence-corrected chi connectivity index (χ2v) is 13.2. The number of ether oxygens (including phenoxy) is 2. The second kappa shape index (κ2) is 8.54. The molecule has 38 heavy (non-hydrogen) atoms. The van der Waals surface area contributed by atoms with Crippen LogP contribution >= 0.6 is 0 Å². The van der Waals surface area contributed by atoms with Crippen molar-refractivity contribution in [2.24, 2.45) is 17.3 Å². The number of amides is 1. The van der Waals surface area contributed by atoms with Crippen molar-refractivity contribution in [3.05, 3.63) is 29.1 Å². The molecule has 7 rings (SSSR count). The average Bonchev–Trinajstić information content (AvgIpc) is 3.53. The lowest BCUT2D eigenvalue weighted by atomic mass is 9.75. The lowest BCUT2D eigenvalue weighted by Gasteiger charge is -2.40. The molecular formula is C25H28F4N2O6S. The Hall–Kier alpha value is -2.41. The highest BCUT2D eigenvalue weighted by Crippen LogP contribution is 2.69. The zero-order valence-corrected chi connectivity index (χ0v) is 21.3. The number of hydrogen-bond donors (Lipinski definition) is 1. The minimum absolute atomic E-state index is 0.00462. The van der Waals surface area contributed by atoms with Crippen molar-refractivity contribution in [1.29, 1.82) is 0 Å². The molecule has 0 aromatic heterocycles. The van der Waals surface area contributed by atoms with Gasteiger partial charge in [0, 0.05) is 24.6 Å². The highest BCUT2D eigenvalue weighted by Gasteiger charge is 2.70. The minimum Gasteiger partial charge on any atom is -0.492 e. The van der Waals surface area contributed by atoms with Gasteiger partial charge in [0.1, 0.15) is 17.2 Å². The predicted molar refractivity (Wildman–Crippen MR) is 124 cm³/mol. The first-order valence-corrected chi connectivity index (χ1v) is 14.3. The van der Waals surface area contributed by atoms with Crippen LogP contribution < -0.4 is 9.46 Å². The van der Waals surface area contributed by atoms with Gasteiger partial charge in [-0.25, -0.2) is 13.9 Å². The number of carbonyl (C=O) groups excluding carboxylic acids is 2. The molecule has 4 bridgehead atoms. The average molecular weight is 561 g/mol. The Morgan fingerprint density at radius 1 is 1.08 bits per heavy atom. The molecule has 1 heterocycles. The van der Waals surface area contributed by atoms with E-state index in [-0.39, 0.29) is 43.2 Å². The van der Waals surface area contributed by atoms with Crippen LogP contribution in [-0.2, 0) is 19.7 Å². The zero-order valence-electron chi connectivity index (χ0n) is 20.5. The summed E-state index contributed by atoms with van der Waals surface area (Å²) in [6.45, 7) is 0.530. The molecule has 5 aliphatic carbocycles. The molecule has 1 aromatic carbocycles. The van der Waals surface area contributed by atoms with E-state index in [0.29, 0.717) is 37.7 Å². The third-order valence-electron chi connectivity index (χ3n) is 8.99. The first kappa shape index (κ1) is 25.8. The molecular weight excluding hydrogens is 532 g/mol. The first-order valence-electron chi connectivity index (χ1n) is 12.9. The minimum atomic E-state index is -5.10. The number of rotatable bonds is 8. The van der Waals surface area contributed by atoms with Gasteiger partial charge in [0.2, 0.25) is 0 Å². The van der Waals surface area contributed by atoms with Gasteiger partial charge in [0.05, 0.1) is 12.2 Å². The SMILES string of the molecule is O=C(NS(=O)(=O)N1CCC1)c1cc(C2CC2)c(OCC23CC4CC(C2)CC3(OC(=O)C(F)(F)F)C4)cc1F. The van der Waals surface area contributed by atoms with Crippen molar-refractivity contribution in [3.8, 4) is 5.75 Å². The summed E-state index contributed by atoms with van der Waals surface area (Å²) in [4.78, 5) is 24.5. The van der Waals surface area contributed by atoms with Gasteiger partial charge < -0.3 is 9.47 Å². The Labute approximate surface area is 217 Å². The van der Waals surface area contributed by atoms with Crippen molar-refractivity contribution in [2.75, 3.05) is 19.7 Å². The van der Waals surface area contributed by atoms with E-state index in [9.17, 15) is 31.2 Å². The highest BCUT2D eigenvalue weighted by molar-refractivity contribution is 7.87. The molecule has 208 valence electrons. The number of alkyl halides is 3. The van der Waals surface area contributed by atoms with Crippen LogP contribution in [0, 0.1) is 23.1 Å². The Kier molecular flexibility index (Phi) is 5.81. The molecule has 6 aliphatic rings. The van der Waals surface area contributed by atoms with Crippen LogP contribution in [-0.4, -0.2) is 56.1 Å². The molecule has 2 atom stereocenters. The summed E-state index contributed by atoms with van der Waals surface area (Å²) in [5.41, 5.74) is -1.94. The van der Waals surface area contributed by atoms with Crippen molar-refractivity contribution >= 4 is 22.1 Å². The van der Waals surface area contributed by atoms with Crippen molar-refractivity contribution in [1.82, 2.24) is 9.03 Å². The van der Waals surface area contributed by atoms with E-state index in [4.69, 9.17) is 9.47 Å². The van der Waals surface area contributed by atoms with Crippen LogP contribution in [0.3, 0.4) is 0 Å². The third-order valence-corrected chi connectivity index (χ3v) is 10.5. The van der Waals surface area contributed by atoms with E-state index in [1.807, 2.05) is 4.72 Å². The summed E-state index contributed by atoms with van der Waals surface area (Å²) in [5.74, 6) is -3.81. The van der Waals surface area contributed by atoms with Crippen molar-refractivity contribution in [2.45, 2.75) is 69.1 Å².